The summed E-state index contributed by atoms with van der Waals surface area (Å²) in [5.74, 6) is 0. The molecule has 1 atom stereocenters. The number of pyridine rings is 1. The second-order valence-corrected chi connectivity index (χ2v) is 8.17. The average Bonchev–Trinajstić information content (AvgIpc) is 2.65. The number of hydrogen-bond donors (Lipinski definition) is 0. The molecule has 0 fully saturated rings. The lowest BCUT2D eigenvalue weighted by atomic mass is 10.1. The van der Waals surface area contributed by atoms with Crippen molar-refractivity contribution in [1.82, 2.24) is 4.98 Å². The van der Waals surface area contributed by atoms with Crippen LogP contribution in [0, 0.1) is 0 Å². The molecule has 0 saturated carbocycles. The molecule has 26 heavy (non-hydrogen) atoms. The summed E-state index contributed by atoms with van der Waals surface area (Å²) in [6.07, 6.45) is 4.12. The number of nitrogens with zero attached hydrogens (tertiary/aromatic N) is 3. The Labute approximate surface area is 163 Å². The lowest BCUT2D eigenvalue weighted by molar-refractivity contribution is -0.107. The van der Waals surface area contributed by atoms with Crippen molar-refractivity contribution >= 4 is 61.1 Å². The minimum absolute atomic E-state index is 0.705. The van der Waals surface area contributed by atoms with Gasteiger partial charge < -0.3 is 9.80 Å². The fourth-order valence-corrected chi connectivity index (χ4v) is 3.68. The average molecular weight is 432 g/mol. The van der Waals surface area contributed by atoms with Crippen molar-refractivity contribution in [3.8, 4) is 0 Å². The number of aromatic nitrogens is 1. The molecule has 3 rings (SSSR count). The Hall–Kier alpha value is -2.25. The van der Waals surface area contributed by atoms with Gasteiger partial charge in [0, 0.05) is 51.6 Å². The van der Waals surface area contributed by atoms with Crippen LogP contribution in [0.15, 0.2) is 58.0 Å². The maximum Gasteiger partial charge on any atom is 0.213 e. The third-order valence-electron chi connectivity index (χ3n) is 4.21. The van der Waals surface area contributed by atoms with Crippen LogP contribution >= 0.6 is 15.9 Å². The van der Waals surface area contributed by atoms with E-state index in [0.717, 1.165) is 38.1 Å². The van der Waals surface area contributed by atoms with Gasteiger partial charge in [0.25, 0.3) is 0 Å². The molecule has 0 aliphatic rings. The van der Waals surface area contributed by atoms with Crippen molar-refractivity contribution in [2.75, 3.05) is 30.2 Å². The number of fused-ring (bicyclic) bond motifs is 1. The number of carbonyl (C=O) groups excluding carboxylic acids is 1. The van der Waals surface area contributed by atoms with Gasteiger partial charge in [-0.2, -0.15) is 0 Å². The Balaban J connectivity index is 2.21. The normalized spacial score (nSPS) is 12.0. The Bertz CT molecular complexity index is 992. The summed E-state index contributed by atoms with van der Waals surface area (Å²) in [5, 5.41) is 0.927. The highest BCUT2D eigenvalue weighted by Gasteiger charge is 2.17. The van der Waals surface area contributed by atoms with E-state index >= 15 is 0 Å². The van der Waals surface area contributed by atoms with Crippen molar-refractivity contribution in [3.05, 3.63) is 53.1 Å². The zero-order chi connectivity index (χ0) is 18.8. The predicted octanol–water partition coefficient (Wildman–Crippen LogP) is 4.10. The molecule has 1 unspecified atom stereocenters. The minimum Gasteiger partial charge on any atom is -0.342 e. The van der Waals surface area contributed by atoms with Gasteiger partial charge in [-0.15, -0.1) is 0 Å². The van der Waals surface area contributed by atoms with E-state index in [4.69, 9.17) is 0 Å². The van der Waals surface area contributed by atoms with Gasteiger partial charge in [0.15, 0.2) is 0 Å². The summed E-state index contributed by atoms with van der Waals surface area (Å²) < 4.78 is 12.6. The number of rotatable bonds is 5. The second kappa shape index (κ2) is 7.55. The lowest BCUT2D eigenvalue weighted by Crippen LogP contribution is -2.20. The van der Waals surface area contributed by atoms with Crippen molar-refractivity contribution in [2.24, 2.45) is 0 Å². The highest BCUT2D eigenvalue weighted by molar-refractivity contribution is 9.10. The molecule has 1 aromatic heterocycles. The fourth-order valence-electron chi connectivity index (χ4n) is 2.80. The molecule has 2 aromatic carbocycles. The molecule has 0 saturated heterocycles. The van der Waals surface area contributed by atoms with E-state index < -0.39 is 10.8 Å². The van der Waals surface area contributed by atoms with E-state index in [1.54, 1.807) is 19.5 Å². The minimum atomic E-state index is -1.02. The van der Waals surface area contributed by atoms with Gasteiger partial charge in [-0.3, -0.25) is 14.0 Å². The Morgan fingerprint density at radius 2 is 1.81 bits per heavy atom. The summed E-state index contributed by atoms with van der Waals surface area (Å²) in [7, 11) is 2.62. The molecule has 1 amide bonds. The quantitative estimate of drug-likeness (QED) is 0.570. The van der Waals surface area contributed by atoms with Crippen LogP contribution < -0.4 is 9.80 Å². The van der Waals surface area contributed by atoms with Crippen LogP contribution in [0.2, 0.25) is 0 Å². The van der Waals surface area contributed by atoms with Crippen LogP contribution in [-0.2, 0) is 15.6 Å². The van der Waals surface area contributed by atoms with Crippen molar-refractivity contribution in [2.45, 2.75) is 4.90 Å². The molecule has 1 heterocycles. The number of benzene rings is 2. The summed E-state index contributed by atoms with van der Waals surface area (Å²) in [4.78, 5) is 20.1. The van der Waals surface area contributed by atoms with Crippen molar-refractivity contribution in [3.63, 3.8) is 0 Å². The Morgan fingerprint density at radius 1 is 1.12 bits per heavy atom. The third kappa shape index (κ3) is 3.50. The lowest BCUT2D eigenvalue weighted by Gasteiger charge is -2.26. The third-order valence-corrected chi connectivity index (χ3v) is 5.64. The number of amides is 1. The zero-order valence-electron chi connectivity index (χ0n) is 14.6. The van der Waals surface area contributed by atoms with Crippen LogP contribution in [0.25, 0.3) is 10.9 Å². The van der Waals surface area contributed by atoms with Crippen LogP contribution in [-0.4, -0.2) is 36.0 Å². The van der Waals surface area contributed by atoms with Crippen LogP contribution in [0.3, 0.4) is 0 Å². The van der Waals surface area contributed by atoms with E-state index in [-0.39, 0.29) is 0 Å². The zero-order valence-corrected chi connectivity index (χ0v) is 17.0. The van der Waals surface area contributed by atoms with E-state index in [1.165, 1.54) is 4.90 Å². The van der Waals surface area contributed by atoms with E-state index in [0.29, 0.717) is 5.69 Å². The summed E-state index contributed by atoms with van der Waals surface area (Å²) >= 11 is 3.51. The molecule has 3 aromatic rings. The predicted molar refractivity (Wildman–Crippen MR) is 111 cm³/mol. The molecule has 0 radical (unpaired) electrons. The van der Waals surface area contributed by atoms with Gasteiger partial charge in [-0.25, -0.2) is 0 Å². The Morgan fingerprint density at radius 3 is 2.42 bits per heavy atom. The summed E-state index contributed by atoms with van der Waals surface area (Å²) in [6, 6.07) is 13.4. The first-order valence-electron chi connectivity index (χ1n) is 7.86. The molecule has 0 aliphatic carbocycles. The first kappa shape index (κ1) is 18.5. The van der Waals surface area contributed by atoms with Gasteiger partial charge in [0.1, 0.15) is 0 Å². The summed E-state index contributed by atoms with van der Waals surface area (Å²) in [6.45, 7) is 0. The van der Waals surface area contributed by atoms with Gasteiger partial charge in [0.2, 0.25) is 6.41 Å². The molecule has 0 spiro atoms. The first-order chi connectivity index (χ1) is 12.4. The SMILES string of the molecule is CN(C=O)c1cnc2ccc(Br)cc2c1N(C)c1ccc(S(C)=O)cc1. The van der Waals surface area contributed by atoms with Crippen molar-refractivity contribution < 1.29 is 9.00 Å². The van der Waals surface area contributed by atoms with Gasteiger partial charge in [-0.05, 0) is 42.5 Å². The smallest absolute Gasteiger partial charge is 0.213 e. The maximum absolute atomic E-state index is 11.6. The maximum atomic E-state index is 11.6. The molecule has 5 nitrogen and oxygen atoms in total. The molecule has 134 valence electrons. The molecule has 0 bridgehead atoms. The second-order valence-electron chi connectivity index (χ2n) is 5.88. The van der Waals surface area contributed by atoms with Crippen LogP contribution in [0.1, 0.15) is 0 Å². The number of anilines is 3. The van der Waals surface area contributed by atoms with Crippen molar-refractivity contribution in [1.29, 1.82) is 0 Å². The van der Waals surface area contributed by atoms with Crippen LogP contribution in [0.5, 0.6) is 0 Å². The highest BCUT2D eigenvalue weighted by Crippen LogP contribution is 2.39. The highest BCUT2D eigenvalue weighted by atomic mass is 79.9. The first-order valence-corrected chi connectivity index (χ1v) is 10.2. The van der Waals surface area contributed by atoms with E-state index in [2.05, 4.69) is 20.9 Å². The number of hydrogen-bond acceptors (Lipinski definition) is 4. The molecule has 0 aliphatic heterocycles. The van der Waals surface area contributed by atoms with Gasteiger partial charge in [0.05, 0.1) is 23.1 Å². The van der Waals surface area contributed by atoms with E-state index in [9.17, 15) is 9.00 Å². The topological polar surface area (TPSA) is 53.5 Å². The largest absolute Gasteiger partial charge is 0.342 e. The fraction of sp³-hybridized carbons (Fsp3) is 0.158. The standard InChI is InChI=1S/C19H18BrN3O2S/c1-22(12-24)18-11-21-17-9-4-13(20)10-16(17)19(18)23(2)14-5-7-15(8-6-14)26(3)25/h4-12H,1-3H3. The summed E-state index contributed by atoms with van der Waals surface area (Å²) in [5.41, 5.74) is 3.34. The molecular weight excluding hydrogens is 414 g/mol. The molecular formula is C19H18BrN3O2S. The Kier molecular flexibility index (Phi) is 5.38. The molecule has 0 N–H and O–H groups in total. The van der Waals surface area contributed by atoms with E-state index in [1.807, 2.05) is 54.4 Å². The monoisotopic (exact) mass is 431 g/mol. The number of carbonyl (C=O) groups is 1. The number of halogens is 1. The van der Waals surface area contributed by atoms with Gasteiger partial charge in [-0.1, -0.05) is 15.9 Å². The molecule has 7 heteroatoms. The van der Waals surface area contributed by atoms with Gasteiger partial charge >= 0.3 is 0 Å². The van der Waals surface area contributed by atoms with Crippen LogP contribution in [0.4, 0.5) is 17.1 Å².